The molecule has 1 heterocycles. The summed E-state index contributed by atoms with van der Waals surface area (Å²) < 4.78 is 27.0. The fraction of sp³-hybridized carbons (Fsp3) is 1.00. The first-order chi connectivity index (χ1) is 6.52. The van der Waals surface area contributed by atoms with E-state index < -0.39 is 16.3 Å². The van der Waals surface area contributed by atoms with Crippen LogP contribution in [0.4, 0.5) is 0 Å². The first-order valence-electron chi connectivity index (χ1n) is 4.95. The van der Waals surface area contributed by atoms with Crippen LogP contribution in [0.2, 0.25) is 0 Å². The second-order valence-electron chi connectivity index (χ2n) is 3.66. The highest BCUT2D eigenvalue weighted by Crippen LogP contribution is 2.11. The molecule has 0 radical (unpaired) electrons. The van der Waals surface area contributed by atoms with Gasteiger partial charge in [0.25, 0.3) is 10.2 Å². The molecule has 1 saturated heterocycles. The van der Waals surface area contributed by atoms with Crippen molar-refractivity contribution in [3.8, 4) is 0 Å². The first kappa shape index (κ1) is 11.9. The van der Waals surface area contributed by atoms with E-state index in [1.165, 1.54) is 4.31 Å². The number of aliphatic hydroxyl groups is 1. The summed E-state index contributed by atoms with van der Waals surface area (Å²) in [6, 6.07) is 0. The Labute approximate surface area is 85.3 Å². The Morgan fingerprint density at radius 1 is 1.36 bits per heavy atom. The van der Waals surface area contributed by atoms with Gasteiger partial charge in [-0.15, -0.1) is 0 Å². The van der Waals surface area contributed by atoms with Crippen molar-refractivity contribution in [1.82, 2.24) is 9.03 Å². The third kappa shape index (κ3) is 3.53. The molecule has 0 saturated carbocycles. The summed E-state index contributed by atoms with van der Waals surface area (Å²) >= 11 is 0. The van der Waals surface area contributed by atoms with Crippen LogP contribution < -0.4 is 4.72 Å². The molecule has 0 aromatic heterocycles. The molecule has 1 atom stereocenters. The number of piperidine rings is 1. The van der Waals surface area contributed by atoms with Crippen molar-refractivity contribution in [2.24, 2.45) is 0 Å². The molecule has 5 nitrogen and oxygen atoms in total. The molecular formula is C8H18N2O3S. The molecule has 0 amide bonds. The Balaban J connectivity index is 2.46. The van der Waals surface area contributed by atoms with Gasteiger partial charge in [-0.2, -0.15) is 17.4 Å². The Hall–Kier alpha value is -0.170. The summed E-state index contributed by atoms with van der Waals surface area (Å²) in [5.74, 6) is 0. The van der Waals surface area contributed by atoms with Crippen molar-refractivity contribution >= 4 is 10.2 Å². The van der Waals surface area contributed by atoms with Crippen molar-refractivity contribution in [3.05, 3.63) is 0 Å². The van der Waals surface area contributed by atoms with Crippen LogP contribution in [-0.2, 0) is 10.2 Å². The summed E-state index contributed by atoms with van der Waals surface area (Å²) in [7, 11) is -3.36. The van der Waals surface area contributed by atoms with Gasteiger partial charge in [0, 0.05) is 19.6 Å². The van der Waals surface area contributed by atoms with Crippen LogP contribution in [-0.4, -0.2) is 43.6 Å². The normalized spacial score (nSPS) is 22.1. The van der Waals surface area contributed by atoms with Gasteiger partial charge < -0.3 is 5.11 Å². The maximum atomic E-state index is 11.6. The maximum Gasteiger partial charge on any atom is 0.279 e. The lowest BCUT2D eigenvalue weighted by Gasteiger charge is -2.26. The molecule has 0 aromatic carbocycles. The van der Waals surface area contributed by atoms with Crippen molar-refractivity contribution in [2.45, 2.75) is 32.3 Å². The topological polar surface area (TPSA) is 69.6 Å². The van der Waals surface area contributed by atoms with E-state index >= 15 is 0 Å². The summed E-state index contributed by atoms with van der Waals surface area (Å²) in [6.45, 7) is 2.82. The monoisotopic (exact) mass is 222 g/mol. The molecule has 0 aromatic rings. The molecule has 14 heavy (non-hydrogen) atoms. The largest absolute Gasteiger partial charge is 0.392 e. The zero-order valence-corrected chi connectivity index (χ0v) is 9.26. The zero-order chi connectivity index (χ0) is 10.6. The van der Waals surface area contributed by atoms with Gasteiger partial charge in [0.15, 0.2) is 0 Å². The highest BCUT2D eigenvalue weighted by Gasteiger charge is 2.23. The molecule has 0 spiro atoms. The summed E-state index contributed by atoms with van der Waals surface area (Å²) in [5.41, 5.74) is 0. The molecule has 1 fully saturated rings. The van der Waals surface area contributed by atoms with Crippen molar-refractivity contribution in [3.63, 3.8) is 0 Å². The minimum atomic E-state index is -3.36. The number of hydrogen-bond donors (Lipinski definition) is 2. The number of aliphatic hydroxyl groups excluding tert-OH is 1. The van der Waals surface area contributed by atoms with E-state index in [2.05, 4.69) is 4.72 Å². The van der Waals surface area contributed by atoms with Gasteiger partial charge in [-0.3, -0.25) is 0 Å². The quantitative estimate of drug-likeness (QED) is 0.685. The number of hydrogen-bond acceptors (Lipinski definition) is 3. The van der Waals surface area contributed by atoms with Crippen molar-refractivity contribution < 1.29 is 13.5 Å². The molecule has 2 N–H and O–H groups in total. The number of nitrogens with one attached hydrogen (secondary N) is 1. The van der Waals surface area contributed by atoms with E-state index in [1.54, 1.807) is 6.92 Å². The predicted octanol–water partition coefficient (Wildman–Crippen LogP) is -0.312. The van der Waals surface area contributed by atoms with Crippen molar-refractivity contribution in [1.29, 1.82) is 0 Å². The van der Waals surface area contributed by atoms with Gasteiger partial charge >= 0.3 is 0 Å². The predicted molar refractivity (Wildman–Crippen MR) is 54.0 cm³/mol. The highest BCUT2D eigenvalue weighted by atomic mass is 32.2. The van der Waals surface area contributed by atoms with Gasteiger partial charge in [-0.1, -0.05) is 6.42 Å². The number of nitrogens with zero attached hydrogens (tertiary/aromatic N) is 1. The van der Waals surface area contributed by atoms with E-state index in [0.29, 0.717) is 13.1 Å². The van der Waals surface area contributed by atoms with Crippen LogP contribution in [0.5, 0.6) is 0 Å². The molecule has 1 aliphatic rings. The Morgan fingerprint density at radius 3 is 2.43 bits per heavy atom. The highest BCUT2D eigenvalue weighted by molar-refractivity contribution is 7.87. The molecule has 0 bridgehead atoms. The molecule has 84 valence electrons. The average Bonchev–Trinajstić information content (AvgIpc) is 2.16. The Morgan fingerprint density at radius 2 is 1.93 bits per heavy atom. The molecule has 1 rings (SSSR count). The minimum absolute atomic E-state index is 0.0822. The molecule has 1 unspecified atom stereocenters. The lowest BCUT2D eigenvalue weighted by atomic mass is 10.2. The van der Waals surface area contributed by atoms with Gasteiger partial charge in [0.2, 0.25) is 0 Å². The van der Waals surface area contributed by atoms with Crippen LogP contribution in [0.1, 0.15) is 26.2 Å². The van der Waals surface area contributed by atoms with Gasteiger partial charge in [-0.05, 0) is 19.8 Å². The summed E-state index contributed by atoms with van der Waals surface area (Å²) in [4.78, 5) is 0. The van der Waals surface area contributed by atoms with Gasteiger partial charge in [0.05, 0.1) is 6.10 Å². The first-order valence-corrected chi connectivity index (χ1v) is 6.39. The van der Waals surface area contributed by atoms with E-state index in [4.69, 9.17) is 5.11 Å². The van der Waals surface area contributed by atoms with Crippen LogP contribution in [0.3, 0.4) is 0 Å². The SMILES string of the molecule is CC(O)CNS(=O)(=O)N1CCCCC1. The molecular weight excluding hydrogens is 204 g/mol. The van der Waals surface area contributed by atoms with Crippen LogP contribution >= 0.6 is 0 Å². The third-order valence-corrected chi connectivity index (χ3v) is 3.79. The van der Waals surface area contributed by atoms with Crippen LogP contribution in [0.15, 0.2) is 0 Å². The minimum Gasteiger partial charge on any atom is -0.392 e. The smallest absolute Gasteiger partial charge is 0.279 e. The lowest BCUT2D eigenvalue weighted by molar-refractivity contribution is 0.197. The maximum absolute atomic E-state index is 11.6. The fourth-order valence-electron chi connectivity index (χ4n) is 1.42. The summed E-state index contributed by atoms with van der Waals surface area (Å²) in [6.07, 6.45) is 2.31. The van der Waals surface area contributed by atoms with E-state index in [-0.39, 0.29) is 6.54 Å². The summed E-state index contributed by atoms with van der Waals surface area (Å²) in [5, 5.41) is 8.97. The molecule has 6 heteroatoms. The third-order valence-electron chi connectivity index (χ3n) is 2.22. The Kier molecular flexibility index (Phi) is 4.31. The van der Waals surface area contributed by atoms with E-state index in [1.807, 2.05) is 0 Å². The van der Waals surface area contributed by atoms with Crippen molar-refractivity contribution in [2.75, 3.05) is 19.6 Å². The van der Waals surface area contributed by atoms with Gasteiger partial charge in [0.1, 0.15) is 0 Å². The second kappa shape index (κ2) is 5.06. The molecule has 1 aliphatic heterocycles. The fourth-order valence-corrected chi connectivity index (χ4v) is 2.80. The van der Waals surface area contributed by atoms with E-state index in [9.17, 15) is 8.42 Å². The lowest BCUT2D eigenvalue weighted by Crippen LogP contribution is -2.45. The van der Waals surface area contributed by atoms with Gasteiger partial charge in [-0.25, -0.2) is 0 Å². The second-order valence-corrected chi connectivity index (χ2v) is 5.42. The van der Waals surface area contributed by atoms with E-state index in [0.717, 1.165) is 19.3 Å². The van der Waals surface area contributed by atoms with Crippen LogP contribution in [0.25, 0.3) is 0 Å². The molecule has 0 aliphatic carbocycles. The standard InChI is InChI=1S/C8H18N2O3S/c1-8(11)7-9-14(12,13)10-5-3-2-4-6-10/h8-9,11H,2-7H2,1H3. The number of rotatable bonds is 4. The average molecular weight is 222 g/mol. The van der Waals surface area contributed by atoms with Crippen LogP contribution in [0, 0.1) is 0 Å². The Bertz CT molecular complexity index is 258. The zero-order valence-electron chi connectivity index (χ0n) is 8.44.